The number of pyridine rings is 1. The molecule has 0 unspecified atom stereocenters. The highest BCUT2D eigenvalue weighted by molar-refractivity contribution is 7.89. The second-order valence-corrected chi connectivity index (χ2v) is 22.7. The van der Waals surface area contributed by atoms with Crippen molar-refractivity contribution in [1.82, 2.24) is 14.6 Å². The molecule has 362 valence electrons. The summed E-state index contributed by atoms with van der Waals surface area (Å²) in [6.45, 7) is 12.7. The van der Waals surface area contributed by atoms with Crippen molar-refractivity contribution >= 4 is 44.9 Å². The summed E-state index contributed by atoms with van der Waals surface area (Å²) in [5, 5.41) is 29.0. The number of amides is 1. The van der Waals surface area contributed by atoms with Gasteiger partial charge in [0.05, 0.1) is 66.0 Å². The van der Waals surface area contributed by atoms with Crippen LogP contribution in [-0.4, -0.2) is 111 Å². The van der Waals surface area contributed by atoms with Gasteiger partial charge in [0.1, 0.15) is 17.7 Å². The Morgan fingerprint density at radius 1 is 1.01 bits per heavy atom. The molecule has 0 radical (unpaired) electrons. The number of nitrogens with one attached hydrogen (secondary N) is 2. The number of thiophene rings is 1. The monoisotopic (exact) mass is 959 g/mol. The molecule has 1 aliphatic carbocycles. The zero-order valence-electron chi connectivity index (χ0n) is 39.4. The summed E-state index contributed by atoms with van der Waals surface area (Å²) in [5.41, 5.74) is 4.48. The van der Waals surface area contributed by atoms with Crippen molar-refractivity contribution in [3.05, 3.63) is 87.9 Å². The Hall–Kier alpha value is -4.78. The summed E-state index contributed by atoms with van der Waals surface area (Å²) in [6, 6.07) is 16.8. The highest BCUT2D eigenvalue weighted by atomic mass is 32.2. The van der Waals surface area contributed by atoms with Crippen LogP contribution in [-0.2, 0) is 50.0 Å². The van der Waals surface area contributed by atoms with E-state index in [-0.39, 0.29) is 48.3 Å². The molecule has 17 heteroatoms. The van der Waals surface area contributed by atoms with Crippen LogP contribution in [0.1, 0.15) is 92.4 Å². The lowest BCUT2D eigenvalue weighted by Gasteiger charge is -2.31. The molecule has 67 heavy (non-hydrogen) atoms. The molecule has 0 saturated carbocycles. The van der Waals surface area contributed by atoms with Crippen molar-refractivity contribution in [1.29, 1.82) is 0 Å². The van der Waals surface area contributed by atoms with Gasteiger partial charge in [-0.25, -0.2) is 23.0 Å². The number of fused-ring (bicyclic) bond motifs is 2. The Balaban J connectivity index is 1.03. The minimum atomic E-state index is -4.06. The number of benzene rings is 2. The molecule has 15 nitrogen and oxygen atoms in total. The highest BCUT2D eigenvalue weighted by Crippen LogP contribution is 2.46. The molecule has 4 N–H and O–H groups in total. The average Bonchev–Trinajstić information content (AvgIpc) is 4.10. The molecule has 2 aromatic carbocycles. The lowest BCUT2D eigenvalue weighted by atomic mass is 9.76. The third-order valence-electron chi connectivity index (χ3n) is 13.6. The lowest BCUT2D eigenvalue weighted by Crippen LogP contribution is -2.51. The maximum atomic E-state index is 14.1. The Bertz CT molecular complexity index is 2510. The van der Waals surface area contributed by atoms with Gasteiger partial charge in [-0.1, -0.05) is 39.8 Å². The summed E-state index contributed by atoms with van der Waals surface area (Å²) in [4.78, 5) is 36.0. The Morgan fingerprint density at radius 2 is 1.75 bits per heavy atom. The van der Waals surface area contributed by atoms with E-state index in [0.29, 0.717) is 30.9 Å². The minimum absolute atomic E-state index is 0.0204. The van der Waals surface area contributed by atoms with Crippen LogP contribution in [0.2, 0.25) is 0 Å². The van der Waals surface area contributed by atoms with Crippen LogP contribution in [0, 0.1) is 17.3 Å². The van der Waals surface area contributed by atoms with E-state index >= 15 is 0 Å². The number of aromatic nitrogens is 1. The number of alkyl carbamates (subject to hydrolysis) is 1. The summed E-state index contributed by atoms with van der Waals surface area (Å²) in [5.74, 6) is -0.576. The summed E-state index contributed by atoms with van der Waals surface area (Å²) >= 11 is 1.58. The van der Waals surface area contributed by atoms with Crippen LogP contribution < -0.4 is 20.3 Å². The van der Waals surface area contributed by atoms with Gasteiger partial charge in [0.25, 0.3) is 0 Å². The molecule has 5 atom stereocenters. The molecule has 8 rings (SSSR count). The predicted molar refractivity (Wildman–Crippen MR) is 257 cm³/mol. The van der Waals surface area contributed by atoms with Crippen molar-refractivity contribution in [2.45, 2.75) is 115 Å². The average molecular weight is 960 g/mol. The topological polar surface area (TPSA) is 189 Å². The van der Waals surface area contributed by atoms with Crippen LogP contribution >= 0.6 is 11.3 Å². The zero-order valence-corrected chi connectivity index (χ0v) is 41.0. The fourth-order valence-electron chi connectivity index (χ4n) is 9.91. The van der Waals surface area contributed by atoms with Gasteiger partial charge in [-0.2, -0.15) is 4.31 Å². The number of nitrogens with zero attached hydrogens (tertiary/aromatic N) is 3. The van der Waals surface area contributed by atoms with Crippen molar-refractivity contribution < 1.29 is 47.2 Å². The number of aliphatic hydroxyl groups is 1. The molecule has 3 saturated heterocycles. The van der Waals surface area contributed by atoms with Gasteiger partial charge < -0.3 is 44.7 Å². The number of aromatic carboxylic acids is 1. The third-order valence-corrected chi connectivity index (χ3v) is 16.8. The Labute approximate surface area is 398 Å². The number of aryl methyl sites for hydroxylation is 1. The first-order valence-electron chi connectivity index (χ1n) is 23.5. The number of rotatable bonds is 18. The van der Waals surface area contributed by atoms with E-state index in [2.05, 4.69) is 29.4 Å². The molecule has 1 amide bonds. The normalized spacial score (nSPS) is 22.1. The van der Waals surface area contributed by atoms with Gasteiger partial charge in [0.15, 0.2) is 5.79 Å². The first-order chi connectivity index (χ1) is 31.9. The van der Waals surface area contributed by atoms with Gasteiger partial charge in [-0.15, -0.1) is 11.3 Å². The van der Waals surface area contributed by atoms with Gasteiger partial charge in [-0.05, 0) is 123 Å². The molecule has 0 spiro atoms. The third kappa shape index (κ3) is 10.9. The quantitative estimate of drug-likeness (QED) is 0.0759. The van der Waals surface area contributed by atoms with E-state index < -0.39 is 46.1 Å². The predicted octanol–water partition coefficient (Wildman–Crippen LogP) is 7.74. The summed E-state index contributed by atoms with van der Waals surface area (Å²) in [6.07, 6.45) is 2.96. The van der Waals surface area contributed by atoms with Gasteiger partial charge >= 0.3 is 12.1 Å². The van der Waals surface area contributed by atoms with E-state index in [1.165, 1.54) is 23.5 Å². The largest absolute Gasteiger partial charge is 0.497 e. The van der Waals surface area contributed by atoms with Gasteiger partial charge in [0.2, 0.25) is 10.0 Å². The highest BCUT2D eigenvalue weighted by Gasteiger charge is 2.53. The smallest absolute Gasteiger partial charge is 0.407 e. The number of carbonyl (C=O) groups is 2. The number of carboxylic acids is 1. The SMILES string of the molecule is COc1ccc(S(=O)(=O)N(CC(C)C)C[C@@H](O)[C@H](Cc2ccc(NCc3nc(N4CCCC4)ccc3-c3sc4c(c3C(=O)O)CC(C)(C)CC4)cc2)NC(=O)O[C@H]2CO[C@@]3(C)OCC[C@@H]23)cc1. The molecule has 0 bridgehead atoms. The number of ether oxygens (including phenoxy) is 4. The number of carbonyl (C=O) groups excluding carboxylic acids is 1. The first-order valence-corrected chi connectivity index (χ1v) is 25.7. The summed E-state index contributed by atoms with van der Waals surface area (Å²) < 4.78 is 52.2. The lowest BCUT2D eigenvalue weighted by molar-refractivity contribution is -0.181. The number of sulfonamides is 1. The molecule has 4 aliphatic rings. The van der Waals surface area contributed by atoms with Crippen LogP contribution in [0.25, 0.3) is 10.4 Å². The Morgan fingerprint density at radius 3 is 2.43 bits per heavy atom. The molecule has 2 aromatic heterocycles. The molecule has 4 aromatic rings. The number of anilines is 2. The van der Waals surface area contributed by atoms with Crippen molar-refractivity contribution in [2.75, 3.05) is 56.7 Å². The second kappa shape index (κ2) is 20.1. The van der Waals surface area contributed by atoms with Crippen molar-refractivity contribution in [3.63, 3.8) is 0 Å². The van der Waals surface area contributed by atoms with Gasteiger partial charge in [0, 0.05) is 42.3 Å². The minimum Gasteiger partial charge on any atom is -0.497 e. The van der Waals surface area contributed by atoms with Crippen LogP contribution in [0.4, 0.5) is 16.3 Å². The van der Waals surface area contributed by atoms with Crippen molar-refractivity contribution in [2.24, 2.45) is 17.3 Å². The molecule has 3 aliphatic heterocycles. The molecule has 5 heterocycles. The zero-order chi connectivity index (χ0) is 47.7. The molecule has 3 fully saturated rings. The standard InChI is InChI=1S/C50H65N5O10S2/c1-31(2)28-55(67(60,61)35-15-13-34(62-6)14-16-35)29-41(56)39(53-48(59)65-42-30-64-50(5)38(42)20-24-63-50)25-32-9-11-33(12-10-32)51-27-40-36(17-18-44(52-40)54-22-7-8-23-54)46-45(47(57)58)37-26-49(3,4)21-19-43(37)66-46/h9-18,31,38-39,41-42,51,56H,7-8,19-30H2,1-6H3,(H,53,59)(H,57,58)/t38-,39-,41+,42-,50+/m0/s1. The maximum Gasteiger partial charge on any atom is 0.407 e. The van der Waals surface area contributed by atoms with Crippen LogP contribution in [0.15, 0.2) is 65.6 Å². The van der Waals surface area contributed by atoms with Crippen LogP contribution in [0.3, 0.4) is 0 Å². The Kier molecular flexibility index (Phi) is 14.6. The maximum absolute atomic E-state index is 14.1. The number of hydrogen-bond donors (Lipinski definition) is 4. The van der Waals surface area contributed by atoms with E-state index in [9.17, 15) is 28.2 Å². The summed E-state index contributed by atoms with van der Waals surface area (Å²) in [7, 11) is -2.56. The van der Waals surface area contributed by atoms with E-state index in [4.69, 9.17) is 23.9 Å². The van der Waals surface area contributed by atoms with E-state index in [1.54, 1.807) is 23.5 Å². The molecular formula is C50H65N5O10S2. The number of aliphatic hydroxyl groups excluding tert-OH is 1. The van der Waals surface area contributed by atoms with E-state index in [0.717, 1.165) is 88.8 Å². The fourth-order valence-corrected chi connectivity index (χ4v) is 12.9. The number of carboxylic acid groups (broad SMARTS) is 1. The molecular weight excluding hydrogens is 895 g/mol. The van der Waals surface area contributed by atoms with Crippen LogP contribution in [0.5, 0.6) is 5.75 Å². The fraction of sp³-hybridized carbons (Fsp3) is 0.540. The second-order valence-electron chi connectivity index (χ2n) is 19.7. The van der Waals surface area contributed by atoms with Crippen molar-refractivity contribution in [3.8, 4) is 16.2 Å². The van der Waals surface area contributed by atoms with Gasteiger partial charge in [-0.3, -0.25) is 0 Å². The van der Waals surface area contributed by atoms with E-state index in [1.807, 2.05) is 57.2 Å². The first kappa shape index (κ1) is 48.7. The number of methoxy groups -OCH3 is 1. The number of hydrogen-bond acceptors (Lipinski definition) is 13.